The zero-order valence-electron chi connectivity index (χ0n) is 18.2. The van der Waals surface area contributed by atoms with Gasteiger partial charge in [0.2, 0.25) is 0 Å². The van der Waals surface area contributed by atoms with E-state index in [1.165, 1.54) is 12.1 Å². The van der Waals surface area contributed by atoms with Crippen LogP contribution < -0.4 is 0 Å². The van der Waals surface area contributed by atoms with E-state index in [1.807, 2.05) is 0 Å². The van der Waals surface area contributed by atoms with Gasteiger partial charge in [-0.2, -0.15) is 0 Å². The zero-order valence-corrected chi connectivity index (χ0v) is 21.4. The molecule has 3 aromatic carbocycles. The summed E-state index contributed by atoms with van der Waals surface area (Å²) in [5.74, 6) is -1.84. The maximum Gasteiger partial charge on any atom is 0.340 e. The van der Waals surface area contributed by atoms with E-state index >= 15 is 0 Å². The number of phenols is 2. The Balaban J connectivity index is 2.26. The molecule has 0 aliphatic carbocycles. The van der Waals surface area contributed by atoms with Crippen LogP contribution in [0.2, 0.25) is 0 Å². The summed E-state index contributed by atoms with van der Waals surface area (Å²) in [5.41, 5.74) is 2.26. The van der Waals surface area contributed by atoms with Crippen molar-refractivity contribution >= 4 is 43.8 Å². The Bertz CT molecular complexity index is 1260. The number of carbonyl (C=O) groups excluding carboxylic acids is 1. The molecule has 1 heterocycles. The van der Waals surface area contributed by atoms with Crippen LogP contribution in [0.1, 0.15) is 59.7 Å². The second kappa shape index (κ2) is 7.88. The Hall–Kier alpha value is -2.84. The molecule has 0 amide bonds. The quantitative estimate of drug-likeness (QED) is 0.330. The molecule has 0 saturated carbocycles. The van der Waals surface area contributed by atoms with Gasteiger partial charge in [-0.25, -0.2) is 9.59 Å². The minimum Gasteiger partial charge on any atom is -0.508 e. The molecule has 0 atom stereocenters. The van der Waals surface area contributed by atoms with Crippen LogP contribution in [0.5, 0.6) is 11.5 Å². The molecule has 0 bridgehead atoms. The number of hydrogen-bond donors (Lipinski definition) is 3. The van der Waals surface area contributed by atoms with Gasteiger partial charge in [0.1, 0.15) is 11.5 Å². The Labute approximate surface area is 207 Å². The minimum atomic E-state index is -1.57. The smallest absolute Gasteiger partial charge is 0.340 e. The lowest BCUT2D eigenvalue weighted by Gasteiger charge is -2.35. The summed E-state index contributed by atoms with van der Waals surface area (Å²) >= 11 is 7.26. The van der Waals surface area contributed by atoms with Crippen molar-refractivity contribution in [3.8, 4) is 11.5 Å². The fourth-order valence-electron chi connectivity index (χ4n) is 4.47. The number of carboxylic acids is 1. The highest BCUT2D eigenvalue weighted by molar-refractivity contribution is 9.11. The van der Waals surface area contributed by atoms with Crippen LogP contribution in [0.15, 0.2) is 39.3 Å². The van der Waals surface area contributed by atoms with Gasteiger partial charge in [0.15, 0.2) is 5.60 Å². The predicted molar refractivity (Wildman–Crippen MR) is 129 cm³/mol. The molecule has 0 spiro atoms. The molecule has 6 nitrogen and oxygen atoms in total. The van der Waals surface area contributed by atoms with E-state index < -0.39 is 17.5 Å². The van der Waals surface area contributed by atoms with Crippen LogP contribution in [-0.2, 0) is 10.3 Å². The van der Waals surface area contributed by atoms with Gasteiger partial charge in [-0.1, -0.05) is 37.9 Å². The average molecular weight is 576 g/mol. The molecule has 0 radical (unpaired) electrons. The number of cyclic esters (lactones) is 1. The number of aryl methyl sites for hydroxylation is 2. The maximum atomic E-state index is 13.2. The monoisotopic (exact) mass is 574 g/mol. The molecular weight excluding hydrogens is 556 g/mol. The van der Waals surface area contributed by atoms with Crippen LogP contribution >= 0.6 is 31.9 Å². The molecule has 0 aromatic heterocycles. The molecule has 0 fully saturated rings. The lowest BCUT2D eigenvalue weighted by molar-refractivity contribution is 0.0242. The molecule has 3 N–H and O–H groups in total. The predicted octanol–water partition coefficient (Wildman–Crippen LogP) is 6.02. The molecule has 1 aliphatic rings. The zero-order chi connectivity index (χ0) is 24.4. The van der Waals surface area contributed by atoms with Gasteiger partial charge in [0, 0.05) is 25.6 Å². The molecule has 0 unspecified atom stereocenters. The number of hydrogen-bond acceptors (Lipinski definition) is 5. The molecule has 170 valence electrons. The number of halogens is 2. The van der Waals surface area contributed by atoms with Crippen molar-refractivity contribution in [3.63, 3.8) is 0 Å². The lowest BCUT2D eigenvalue weighted by Crippen LogP contribution is -2.33. The highest BCUT2D eigenvalue weighted by atomic mass is 79.9. The number of aromatic carboxylic acids is 1. The maximum absolute atomic E-state index is 13.2. The number of ether oxygens (including phenoxy) is 1. The normalized spacial score (nSPS) is 14.2. The molecule has 3 aromatic rings. The first-order valence-electron chi connectivity index (χ1n) is 10.0. The van der Waals surface area contributed by atoms with Gasteiger partial charge in [-0.15, -0.1) is 0 Å². The largest absolute Gasteiger partial charge is 0.508 e. The fourth-order valence-corrected chi connectivity index (χ4v) is 5.85. The van der Waals surface area contributed by atoms with Gasteiger partial charge >= 0.3 is 11.9 Å². The van der Waals surface area contributed by atoms with E-state index in [-0.39, 0.29) is 22.6 Å². The number of benzene rings is 3. The van der Waals surface area contributed by atoms with E-state index in [0.717, 1.165) is 0 Å². The van der Waals surface area contributed by atoms with Crippen LogP contribution in [0.4, 0.5) is 0 Å². The molecular formula is C25H20Br2O6. The third-order valence-corrected chi connectivity index (χ3v) is 8.22. The van der Waals surface area contributed by atoms with E-state index in [0.29, 0.717) is 47.9 Å². The van der Waals surface area contributed by atoms with E-state index in [1.54, 1.807) is 45.9 Å². The van der Waals surface area contributed by atoms with Crippen molar-refractivity contribution in [1.82, 2.24) is 0 Å². The van der Waals surface area contributed by atoms with Gasteiger partial charge in [0.05, 0.1) is 11.1 Å². The number of aromatic hydroxyl groups is 2. The number of rotatable bonds is 3. The first-order chi connectivity index (χ1) is 15.4. The van der Waals surface area contributed by atoms with Crippen molar-refractivity contribution in [2.75, 3.05) is 0 Å². The standard InChI is InChI=1S/C25H20Br2O6/c1-10-7-17(28)12(3)19(21(10)26)25(20-13(4)18(29)8-11(2)22(20)27)16-6-5-14(23(30)31)9-15(16)24(32)33-25/h5-9,28-29H,1-4H3,(H,30,31). The third-order valence-electron chi connectivity index (χ3n) is 6.17. The first-order valence-corrected chi connectivity index (χ1v) is 11.6. The van der Waals surface area contributed by atoms with Crippen LogP contribution in [0.3, 0.4) is 0 Å². The highest BCUT2D eigenvalue weighted by Crippen LogP contribution is 2.55. The number of carbonyl (C=O) groups is 2. The Morgan fingerprint density at radius 1 is 0.879 bits per heavy atom. The lowest BCUT2D eigenvalue weighted by atomic mass is 9.75. The number of esters is 1. The Morgan fingerprint density at radius 2 is 1.36 bits per heavy atom. The topological polar surface area (TPSA) is 104 Å². The summed E-state index contributed by atoms with van der Waals surface area (Å²) < 4.78 is 7.39. The molecule has 0 saturated heterocycles. The van der Waals surface area contributed by atoms with E-state index in [9.17, 15) is 24.9 Å². The minimum absolute atomic E-state index is 0.0161. The Kier molecular flexibility index (Phi) is 5.57. The number of carboxylic acid groups (broad SMARTS) is 1. The summed E-state index contributed by atoms with van der Waals surface area (Å²) in [5, 5.41) is 30.9. The SMILES string of the molecule is Cc1cc(O)c(C)c(C2(c3c(C)c(O)cc(C)c3Br)OC(=O)c3cc(C(=O)O)ccc32)c1Br. The van der Waals surface area contributed by atoms with Crippen LogP contribution in [-0.4, -0.2) is 27.3 Å². The van der Waals surface area contributed by atoms with Crippen LogP contribution in [0.25, 0.3) is 0 Å². The molecule has 4 rings (SSSR count). The van der Waals surface area contributed by atoms with Crippen molar-refractivity contribution < 1.29 is 29.6 Å². The molecule has 1 aliphatic heterocycles. The van der Waals surface area contributed by atoms with Gasteiger partial charge < -0.3 is 20.1 Å². The summed E-state index contributed by atoms with van der Waals surface area (Å²) in [7, 11) is 0. The van der Waals surface area contributed by atoms with Crippen molar-refractivity contribution in [3.05, 3.63) is 89.3 Å². The van der Waals surface area contributed by atoms with Crippen molar-refractivity contribution in [1.29, 1.82) is 0 Å². The van der Waals surface area contributed by atoms with Gasteiger partial charge in [-0.05, 0) is 74.2 Å². The summed E-state index contributed by atoms with van der Waals surface area (Å²) in [6.07, 6.45) is 0. The summed E-state index contributed by atoms with van der Waals surface area (Å²) in [4.78, 5) is 24.8. The molecule has 33 heavy (non-hydrogen) atoms. The summed E-state index contributed by atoms with van der Waals surface area (Å²) in [6.45, 7) is 7.04. The van der Waals surface area contributed by atoms with Gasteiger partial charge in [-0.3, -0.25) is 0 Å². The van der Waals surface area contributed by atoms with E-state index in [4.69, 9.17) is 4.74 Å². The number of fused-ring (bicyclic) bond motifs is 1. The first kappa shape index (κ1) is 23.3. The number of phenolic OH excluding ortho intramolecular Hbond substituents is 2. The average Bonchev–Trinajstić information content (AvgIpc) is 3.03. The van der Waals surface area contributed by atoms with Gasteiger partial charge in [0.25, 0.3) is 0 Å². The second-order valence-corrected chi connectivity index (χ2v) is 9.78. The Morgan fingerprint density at radius 3 is 1.82 bits per heavy atom. The third kappa shape index (κ3) is 3.27. The fraction of sp³-hybridized carbons (Fsp3) is 0.200. The molecule has 8 heteroatoms. The summed E-state index contributed by atoms with van der Waals surface area (Å²) in [6, 6.07) is 7.48. The van der Waals surface area contributed by atoms with Crippen molar-refractivity contribution in [2.24, 2.45) is 0 Å². The second-order valence-electron chi connectivity index (χ2n) is 8.19. The van der Waals surface area contributed by atoms with E-state index in [2.05, 4.69) is 31.9 Å². The van der Waals surface area contributed by atoms with Crippen molar-refractivity contribution in [2.45, 2.75) is 33.3 Å². The highest BCUT2D eigenvalue weighted by Gasteiger charge is 2.53. The van der Waals surface area contributed by atoms with Crippen LogP contribution in [0, 0.1) is 27.7 Å².